The molecule has 3 aromatic carbocycles. The molecule has 6 heteroatoms. The van der Waals surface area contributed by atoms with Gasteiger partial charge < -0.3 is 10.4 Å². The fourth-order valence-electron chi connectivity index (χ4n) is 3.80. The van der Waals surface area contributed by atoms with E-state index in [1.54, 1.807) is 48.7 Å². The summed E-state index contributed by atoms with van der Waals surface area (Å²) in [7, 11) is 0. The SMILES string of the molecule is Cc1cc(-c2ccc(C#N)cc2)cc(C)c1C(O)c1ccnc(Nc2ccc(C#N)cc2)n1. The highest BCUT2D eigenvalue weighted by Crippen LogP contribution is 2.32. The van der Waals surface area contributed by atoms with Gasteiger partial charge >= 0.3 is 0 Å². The van der Waals surface area contributed by atoms with E-state index in [1.165, 1.54) is 0 Å². The minimum atomic E-state index is -0.912. The van der Waals surface area contributed by atoms with Crippen molar-refractivity contribution in [3.63, 3.8) is 0 Å². The van der Waals surface area contributed by atoms with Crippen LogP contribution in [-0.4, -0.2) is 15.1 Å². The number of nitrogens with one attached hydrogen (secondary N) is 1. The average Bonchev–Trinajstić information content (AvgIpc) is 2.84. The molecule has 0 radical (unpaired) electrons. The molecule has 0 saturated heterocycles. The van der Waals surface area contributed by atoms with Gasteiger partial charge in [0.15, 0.2) is 0 Å². The Bertz CT molecular complexity index is 1360. The molecule has 160 valence electrons. The summed E-state index contributed by atoms with van der Waals surface area (Å²) in [4.78, 5) is 8.75. The topological polar surface area (TPSA) is 106 Å². The Labute approximate surface area is 192 Å². The van der Waals surface area contributed by atoms with Crippen LogP contribution in [0.2, 0.25) is 0 Å². The van der Waals surface area contributed by atoms with Gasteiger partial charge in [-0.2, -0.15) is 10.5 Å². The van der Waals surface area contributed by atoms with Crippen LogP contribution in [0.3, 0.4) is 0 Å². The number of benzene rings is 3. The summed E-state index contributed by atoms with van der Waals surface area (Å²) in [6.07, 6.45) is 0.692. The maximum Gasteiger partial charge on any atom is 0.227 e. The van der Waals surface area contributed by atoms with Gasteiger partial charge in [-0.05, 0) is 84.1 Å². The van der Waals surface area contributed by atoms with Crippen LogP contribution >= 0.6 is 0 Å². The predicted molar refractivity (Wildman–Crippen MR) is 127 cm³/mol. The number of aliphatic hydroxyl groups excluding tert-OH is 1. The summed E-state index contributed by atoms with van der Waals surface area (Å²) in [5, 5.41) is 32.2. The molecule has 6 nitrogen and oxygen atoms in total. The third-order valence-electron chi connectivity index (χ3n) is 5.44. The van der Waals surface area contributed by atoms with E-state index in [-0.39, 0.29) is 0 Å². The van der Waals surface area contributed by atoms with Gasteiger partial charge in [0, 0.05) is 11.9 Å². The average molecular weight is 431 g/mol. The number of nitrogens with zero attached hydrogens (tertiary/aromatic N) is 4. The van der Waals surface area contributed by atoms with Crippen LogP contribution in [0.1, 0.15) is 39.6 Å². The molecule has 0 amide bonds. The Morgan fingerprint density at radius 1 is 0.818 bits per heavy atom. The molecular weight excluding hydrogens is 410 g/mol. The van der Waals surface area contributed by atoms with Crippen LogP contribution in [0.25, 0.3) is 11.1 Å². The lowest BCUT2D eigenvalue weighted by atomic mass is 9.91. The number of anilines is 2. The maximum absolute atomic E-state index is 11.2. The van der Waals surface area contributed by atoms with Crippen LogP contribution in [0.4, 0.5) is 11.6 Å². The minimum Gasteiger partial charge on any atom is -0.382 e. The molecule has 0 aliphatic carbocycles. The Hall–Kier alpha value is -4.52. The van der Waals surface area contributed by atoms with E-state index < -0.39 is 6.10 Å². The first-order chi connectivity index (χ1) is 16.0. The van der Waals surface area contributed by atoms with Gasteiger partial charge in [-0.25, -0.2) is 9.97 Å². The van der Waals surface area contributed by atoms with E-state index in [9.17, 15) is 5.11 Å². The zero-order chi connectivity index (χ0) is 23.4. The summed E-state index contributed by atoms with van der Waals surface area (Å²) in [6.45, 7) is 3.94. The molecule has 0 spiro atoms. The highest BCUT2D eigenvalue weighted by Gasteiger charge is 2.19. The number of aryl methyl sites for hydroxylation is 2. The molecule has 1 atom stereocenters. The number of hydrogen-bond donors (Lipinski definition) is 2. The molecule has 4 rings (SSSR count). The highest BCUT2D eigenvalue weighted by molar-refractivity contribution is 5.67. The van der Waals surface area contributed by atoms with Crippen molar-refractivity contribution in [3.8, 4) is 23.3 Å². The molecule has 0 fully saturated rings. The zero-order valence-corrected chi connectivity index (χ0v) is 18.2. The number of aliphatic hydroxyl groups is 1. The summed E-state index contributed by atoms with van der Waals surface area (Å²) < 4.78 is 0. The number of rotatable bonds is 5. The Morgan fingerprint density at radius 2 is 1.39 bits per heavy atom. The van der Waals surface area contributed by atoms with E-state index in [1.807, 2.05) is 38.1 Å². The van der Waals surface area contributed by atoms with Crippen LogP contribution < -0.4 is 5.32 Å². The number of nitriles is 2. The Morgan fingerprint density at radius 3 is 1.97 bits per heavy atom. The van der Waals surface area contributed by atoms with Crippen molar-refractivity contribution >= 4 is 11.6 Å². The first-order valence-corrected chi connectivity index (χ1v) is 10.4. The van der Waals surface area contributed by atoms with Gasteiger partial charge in [-0.3, -0.25) is 0 Å². The van der Waals surface area contributed by atoms with Crippen molar-refractivity contribution in [2.24, 2.45) is 0 Å². The van der Waals surface area contributed by atoms with Gasteiger partial charge in [-0.15, -0.1) is 0 Å². The largest absolute Gasteiger partial charge is 0.382 e. The molecule has 0 saturated carbocycles. The lowest BCUT2D eigenvalue weighted by Crippen LogP contribution is -2.09. The molecule has 0 bridgehead atoms. The summed E-state index contributed by atoms with van der Waals surface area (Å²) >= 11 is 0. The Kier molecular flexibility index (Phi) is 6.13. The molecular formula is C27H21N5O. The third kappa shape index (κ3) is 4.72. The molecule has 4 aromatic rings. The fraction of sp³-hybridized carbons (Fsp3) is 0.111. The van der Waals surface area contributed by atoms with Crippen molar-refractivity contribution in [1.29, 1.82) is 10.5 Å². The van der Waals surface area contributed by atoms with E-state index >= 15 is 0 Å². The standard InChI is InChI=1S/C27H21N5O/c1-17-13-22(21-7-3-19(15-28)4-8-21)14-18(2)25(17)26(33)24-11-12-30-27(32-24)31-23-9-5-20(16-29)6-10-23/h3-14,26,33H,1-2H3,(H,30,31,32). The third-order valence-corrected chi connectivity index (χ3v) is 5.44. The van der Waals surface area contributed by atoms with Crippen molar-refractivity contribution in [2.45, 2.75) is 20.0 Å². The molecule has 0 aliphatic heterocycles. The van der Waals surface area contributed by atoms with Gasteiger partial charge in [0.05, 0.1) is 29.0 Å². The van der Waals surface area contributed by atoms with Crippen LogP contribution in [0.15, 0.2) is 72.9 Å². The Balaban J connectivity index is 1.60. The second-order valence-corrected chi connectivity index (χ2v) is 7.73. The van der Waals surface area contributed by atoms with Crippen LogP contribution in [-0.2, 0) is 0 Å². The van der Waals surface area contributed by atoms with E-state index in [2.05, 4.69) is 27.4 Å². The van der Waals surface area contributed by atoms with Crippen LogP contribution in [0, 0.1) is 36.5 Å². The van der Waals surface area contributed by atoms with Crippen molar-refractivity contribution in [3.05, 3.63) is 106 Å². The number of aromatic nitrogens is 2. The molecule has 1 unspecified atom stereocenters. The second kappa shape index (κ2) is 9.32. The first kappa shape index (κ1) is 21.7. The monoisotopic (exact) mass is 431 g/mol. The van der Waals surface area contributed by atoms with Crippen molar-refractivity contribution in [1.82, 2.24) is 9.97 Å². The minimum absolute atomic E-state index is 0.362. The maximum atomic E-state index is 11.2. The van der Waals surface area contributed by atoms with Crippen molar-refractivity contribution < 1.29 is 5.11 Å². The summed E-state index contributed by atoms with van der Waals surface area (Å²) in [5.74, 6) is 0.362. The summed E-state index contributed by atoms with van der Waals surface area (Å²) in [5.41, 5.74) is 7.15. The molecule has 33 heavy (non-hydrogen) atoms. The first-order valence-electron chi connectivity index (χ1n) is 10.4. The van der Waals surface area contributed by atoms with Gasteiger partial charge in [-0.1, -0.05) is 24.3 Å². The molecule has 1 aromatic heterocycles. The summed E-state index contributed by atoms with van der Waals surface area (Å²) in [6, 6.07) is 24.4. The van der Waals surface area contributed by atoms with Crippen molar-refractivity contribution in [2.75, 3.05) is 5.32 Å². The highest BCUT2D eigenvalue weighted by atomic mass is 16.3. The van der Waals surface area contributed by atoms with Gasteiger partial charge in [0.2, 0.25) is 5.95 Å². The lowest BCUT2D eigenvalue weighted by Gasteiger charge is -2.18. The van der Waals surface area contributed by atoms with E-state index in [0.29, 0.717) is 22.8 Å². The van der Waals surface area contributed by atoms with Crippen LogP contribution in [0.5, 0.6) is 0 Å². The van der Waals surface area contributed by atoms with E-state index in [4.69, 9.17) is 10.5 Å². The smallest absolute Gasteiger partial charge is 0.227 e. The predicted octanol–water partition coefficient (Wildman–Crippen LogP) is 5.33. The lowest BCUT2D eigenvalue weighted by molar-refractivity contribution is 0.214. The second-order valence-electron chi connectivity index (χ2n) is 7.73. The fourth-order valence-corrected chi connectivity index (χ4v) is 3.80. The zero-order valence-electron chi connectivity index (χ0n) is 18.2. The molecule has 1 heterocycles. The van der Waals surface area contributed by atoms with E-state index in [0.717, 1.165) is 33.5 Å². The molecule has 0 aliphatic rings. The normalized spacial score (nSPS) is 11.3. The number of hydrogen-bond acceptors (Lipinski definition) is 6. The molecule has 2 N–H and O–H groups in total. The quantitative estimate of drug-likeness (QED) is 0.442. The van der Waals surface area contributed by atoms with Gasteiger partial charge in [0.1, 0.15) is 6.10 Å². The van der Waals surface area contributed by atoms with Gasteiger partial charge in [0.25, 0.3) is 0 Å².